The van der Waals surface area contributed by atoms with Crippen LogP contribution in [0.25, 0.3) is 5.69 Å². The fraction of sp³-hybridized carbons (Fsp3) is 0.375. The first kappa shape index (κ1) is 13.4. The van der Waals surface area contributed by atoms with Gasteiger partial charge in [-0.1, -0.05) is 32.9 Å². The number of aryl methyl sites for hydroxylation is 1. The summed E-state index contributed by atoms with van der Waals surface area (Å²) in [6.07, 6.45) is 2.34. The van der Waals surface area contributed by atoms with Crippen molar-refractivity contribution < 1.29 is 0 Å². The minimum Gasteiger partial charge on any atom is -0.240 e. The molecule has 98 valence electrons. The van der Waals surface area contributed by atoms with Gasteiger partial charge in [-0.15, -0.1) is 0 Å². The SMILES string of the molecule is Cc1nn(-c2ccc(C(C)(C)C)cc2)cc1CC#N. The number of nitrogens with zero attached hydrogens (tertiary/aromatic N) is 3. The minimum absolute atomic E-state index is 0.157. The van der Waals surface area contributed by atoms with Gasteiger partial charge < -0.3 is 0 Å². The smallest absolute Gasteiger partial charge is 0.0671 e. The quantitative estimate of drug-likeness (QED) is 0.821. The van der Waals surface area contributed by atoms with E-state index in [2.05, 4.69) is 56.2 Å². The van der Waals surface area contributed by atoms with Gasteiger partial charge in [0.15, 0.2) is 0 Å². The van der Waals surface area contributed by atoms with Gasteiger partial charge in [0.1, 0.15) is 0 Å². The van der Waals surface area contributed by atoms with Crippen LogP contribution in [0, 0.1) is 18.3 Å². The Kier molecular flexibility index (Phi) is 3.44. The molecule has 3 nitrogen and oxygen atoms in total. The maximum Gasteiger partial charge on any atom is 0.0671 e. The van der Waals surface area contributed by atoms with Crippen LogP contribution in [0.15, 0.2) is 30.5 Å². The van der Waals surface area contributed by atoms with Crippen LogP contribution >= 0.6 is 0 Å². The Morgan fingerprint density at radius 1 is 1.21 bits per heavy atom. The van der Waals surface area contributed by atoms with Crippen LogP contribution in [0.3, 0.4) is 0 Å². The molecule has 0 fully saturated rings. The molecule has 19 heavy (non-hydrogen) atoms. The third kappa shape index (κ3) is 2.85. The molecule has 0 aliphatic heterocycles. The lowest BCUT2D eigenvalue weighted by Crippen LogP contribution is -2.10. The Bertz CT molecular complexity index is 607. The van der Waals surface area contributed by atoms with Crippen molar-refractivity contribution in [2.45, 2.75) is 39.5 Å². The zero-order valence-electron chi connectivity index (χ0n) is 11.9. The largest absolute Gasteiger partial charge is 0.240 e. The maximum absolute atomic E-state index is 8.76. The highest BCUT2D eigenvalue weighted by molar-refractivity contribution is 5.37. The molecule has 0 saturated carbocycles. The molecule has 0 N–H and O–H groups in total. The topological polar surface area (TPSA) is 41.6 Å². The summed E-state index contributed by atoms with van der Waals surface area (Å²) < 4.78 is 1.84. The van der Waals surface area contributed by atoms with E-state index in [0.717, 1.165) is 16.9 Å². The second kappa shape index (κ2) is 4.89. The van der Waals surface area contributed by atoms with Gasteiger partial charge in [0.25, 0.3) is 0 Å². The highest BCUT2D eigenvalue weighted by atomic mass is 15.3. The highest BCUT2D eigenvalue weighted by Crippen LogP contribution is 2.23. The van der Waals surface area contributed by atoms with Crippen LogP contribution in [0.1, 0.15) is 37.6 Å². The van der Waals surface area contributed by atoms with Crippen LogP contribution < -0.4 is 0 Å². The fourth-order valence-corrected chi connectivity index (χ4v) is 2.00. The van der Waals surface area contributed by atoms with Crippen LogP contribution in [0.4, 0.5) is 0 Å². The molecule has 0 bridgehead atoms. The number of aromatic nitrogens is 2. The van der Waals surface area contributed by atoms with E-state index in [-0.39, 0.29) is 5.41 Å². The van der Waals surface area contributed by atoms with E-state index in [1.165, 1.54) is 5.56 Å². The molecule has 0 atom stereocenters. The molecule has 0 aliphatic carbocycles. The van der Waals surface area contributed by atoms with Crippen molar-refractivity contribution in [2.24, 2.45) is 0 Å². The first-order chi connectivity index (χ1) is 8.91. The number of hydrogen-bond donors (Lipinski definition) is 0. The molecule has 0 saturated heterocycles. The lowest BCUT2D eigenvalue weighted by Gasteiger charge is -2.19. The lowest BCUT2D eigenvalue weighted by molar-refractivity contribution is 0.590. The molecule has 2 rings (SSSR count). The molecule has 1 heterocycles. The second-order valence-electron chi connectivity index (χ2n) is 5.82. The normalized spacial score (nSPS) is 11.3. The van der Waals surface area contributed by atoms with E-state index in [1.54, 1.807) is 0 Å². The van der Waals surface area contributed by atoms with Gasteiger partial charge in [-0.05, 0) is 30.0 Å². The average Bonchev–Trinajstić information content (AvgIpc) is 2.71. The summed E-state index contributed by atoms with van der Waals surface area (Å²) in [5.41, 5.74) is 4.39. The van der Waals surface area contributed by atoms with Gasteiger partial charge >= 0.3 is 0 Å². The maximum atomic E-state index is 8.76. The van der Waals surface area contributed by atoms with Crippen molar-refractivity contribution >= 4 is 0 Å². The Hall–Kier alpha value is -2.08. The van der Waals surface area contributed by atoms with Crippen molar-refractivity contribution in [3.63, 3.8) is 0 Å². The molecule has 0 radical (unpaired) electrons. The predicted molar refractivity (Wildman–Crippen MR) is 76.3 cm³/mol. The van der Waals surface area contributed by atoms with Crippen LogP contribution in [-0.2, 0) is 11.8 Å². The Morgan fingerprint density at radius 3 is 2.37 bits per heavy atom. The molecule has 0 unspecified atom stereocenters. The monoisotopic (exact) mass is 253 g/mol. The summed E-state index contributed by atoms with van der Waals surface area (Å²) in [4.78, 5) is 0. The zero-order valence-corrected chi connectivity index (χ0v) is 11.9. The predicted octanol–water partition coefficient (Wildman–Crippen LogP) is 3.54. The van der Waals surface area contributed by atoms with E-state index >= 15 is 0 Å². The van der Waals surface area contributed by atoms with Gasteiger partial charge in [0.2, 0.25) is 0 Å². The molecular formula is C16H19N3. The third-order valence-electron chi connectivity index (χ3n) is 3.27. The Balaban J connectivity index is 2.33. The van der Waals surface area contributed by atoms with Gasteiger partial charge in [0, 0.05) is 11.8 Å². The first-order valence-corrected chi connectivity index (χ1v) is 6.45. The summed E-state index contributed by atoms with van der Waals surface area (Å²) in [6, 6.07) is 10.6. The molecule has 3 heteroatoms. The minimum atomic E-state index is 0.157. The van der Waals surface area contributed by atoms with Crippen molar-refractivity contribution in [1.82, 2.24) is 9.78 Å². The van der Waals surface area contributed by atoms with E-state index < -0.39 is 0 Å². The van der Waals surface area contributed by atoms with Gasteiger partial charge in [-0.3, -0.25) is 0 Å². The standard InChI is InChI=1S/C16H19N3/c1-12-13(9-10-17)11-19(18-12)15-7-5-14(6-8-15)16(2,3)4/h5-8,11H,9H2,1-4H3. The number of rotatable bonds is 2. The van der Waals surface area contributed by atoms with E-state index in [4.69, 9.17) is 5.26 Å². The van der Waals surface area contributed by atoms with E-state index in [0.29, 0.717) is 6.42 Å². The number of benzene rings is 1. The number of hydrogen-bond acceptors (Lipinski definition) is 2. The van der Waals surface area contributed by atoms with Crippen molar-refractivity contribution in [1.29, 1.82) is 5.26 Å². The van der Waals surface area contributed by atoms with Gasteiger partial charge in [-0.25, -0.2) is 4.68 Å². The van der Waals surface area contributed by atoms with E-state index in [1.807, 2.05) is 17.8 Å². The summed E-state index contributed by atoms with van der Waals surface area (Å²) in [5, 5.41) is 13.2. The first-order valence-electron chi connectivity index (χ1n) is 6.45. The Morgan fingerprint density at radius 2 is 1.84 bits per heavy atom. The van der Waals surface area contributed by atoms with Crippen molar-refractivity contribution in [3.8, 4) is 11.8 Å². The zero-order chi connectivity index (χ0) is 14.0. The lowest BCUT2D eigenvalue weighted by atomic mass is 9.87. The van der Waals surface area contributed by atoms with Crippen molar-refractivity contribution in [3.05, 3.63) is 47.3 Å². The third-order valence-corrected chi connectivity index (χ3v) is 3.27. The number of nitriles is 1. The Labute approximate surface area is 114 Å². The van der Waals surface area contributed by atoms with Crippen LogP contribution in [0.2, 0.25) is 0 Å². The van der Waals surface area contributed by atoms with E-state index in [9.17, 15) is 0 Å². The molecule has 0 aliphatic rings. The molecule has 0 spiro atoms. The molecule has 1 aromatic heterocycles. The summed E-state index contributed by atoms with van der Waals surface area (Å²) in [5.74, 6) is 0. The average molecular weight is 253 g/mol. The van der Waals surface area contributed by atoms with Gasteiger partial charge in [0.05, 0.1) is 23.9 Å². The van der Waals surface area contributed by atoms with Crippen LogP contribution in [0.5, 0.6) is 0 Å². The molecule has 1 aromatic carbocycles. The summed E-state index contributed by atoms with van der Waals surface area (Å²) in [7, 11) is 0. The second-order valence-corrected chi connectivity index (χ2v) is 5.82. The van der Waals surface area contributed by atoms with Crippen LogP contribution in [-0.4, -0.2) is 9.78 Å². The van der Waals surface area contributed by atoms with Crippen molar-refractivity contribution in [2.75, 3.05) is 0 Å². The molecule has 2 aromatic rings. The summed E-state index contributed by atoms with van der Waals surface area (Å²) >= 11 is 0. The molecular weight excluding hydrogens is 234 g/mol. The highest BCUT2D eigenvalue weighted by Gasteiger charge is 2.13. The van der Waals surface area contributed by atoms with Gasteiger partial charge in [-0.2, -0.15) is 10.4 Å². The summed E-state index contributed by atoms with van der Waals surface area (Å²) in [6.45, 7) is 8.54. The molecule has 0 amide bonds. The fourth-order valence-electron chi connectivity index (χ4n) is 2.00.